The number of aldehydes is 1. The third kappa shape index (κ3) is 3.09. The summed E-state index contributed by atoms with van der Waals surface area (Å²) in [5, 5.41) is 9.15. The highest BCUT2D eigenvalue weighted by Gasteiger charge is 2.07. The van der Waals surface area contributed by atoms with E-state index in [2.05, 4.69) is 12.6 Å². The van der Waals surface area contributed by atoms with Crippen LogP contribution in [0.2, 0.25) is 0 Å². The molecule has 0 amide bonds. The molecule has 0 atom stereocenters. The van der Waals surface area contributed by atoms with Gasteiger partial charge in [0.25, 0.3) is 0 Å². The molecule has 0 spiro atoms. The average molecular weight is 226 g/mol. The van der Waals surface area contributed by atoms with E-state index in [-0.39, 0.29) is 5.56 Å². The van der Waals surface area contributed by atoms with Crippen molar-refractivity contribution in [2.75, 3.05) is 5.75 Å². The van der Waals surface area contributed by atoms with Crippen LogP contribution in [0.1, 0.15) is 22.3 Å². The van der Waals surface area contributed by atoms with Gasteiger partial charge < -0.3 is 5.11 Å². The highest BCUT2D eigenvalue weighted by molar-refractivity contribution is 7.80. The summed E-state index contributed by atoms with van der Waals surface area (Å²) < 4.78 is 13.1. The molecule has 0 saturated heterocycles. The van der Waals surface area contributed by atoms with Gasteiger partial charge in [-0.15, -0.1) is 0 Å². The molecule has 0 fully saturated rings. The Morgan fingerprint density at radius 3 is 2.80 bits per heavy atom. The second kappa shape index (κ2) is 5.56. The van der Waals surface area contributed by atoms with Crippen LogP contribution in [-0.4, -0.2) is 17.1 Å². The second-order valence-electron chi connectivity index (χ2n) is 2.97. The minimum atomic E-state index is -0.787. The van der Waals surface area contributed by atoms with E-state index in [1.54, 1.807) is 6.08 Å². The van der Waals surface area contributed by atoms with E-state index in [1.807, 2.05) is 6.08 Å². The van der Waals surface area contributed by atoms with Crippen molar-refractivity contribution in [3.63, 3.8) is 0 Å². The van der Waals surface area contributed by atoms with Gasteiger partial charge in [-0.25, -0.2) is 4.39 Å². The molecule has 80 valence electrons. The summed E-state index contributed by atoms with van der Waals surface area (Å²) in [5.74, 6) is -0.682. The van der Waals surface area contributed by atoms with Gasteiger partial charge in [0, 0.05) is 0 Å². The third-order valence-corrected chi connectivity index (χ3v) is 2.11. The fourth-order valence-electron chi connectivity index (χ4n) is 1.12. The number of phenols is 1. The molecule has 0 aliphatic carbocycles. The summed E-state index contributed by atoms with van der Waals surface area (Å²) in [6.45, 7) is 0. The summed E-state index contributed by atoms with van der Waals surface area (Å²) in [5.41, 5.74) is 0.509. The van der Waals surface area contributed by atoms with Crippen LogP contribution in [0.3, 0.4) is 0 Å². The third-order valence-electron chi connectivity index (χ3n) is 1.85. The lowest BCUT2D eigenvalue weighted by Crippen LogP contribution is -1.88. The lowest BCUT2D eigenvalue weighted by atomic mass is 10.1. The Labute approximate surface area is 92.8 Å². The van der Waals surface area contributed by atoms with Crippen LogP contribution in [0.15, 0.2) is 18.2 Å². The van der Waals surface area contributed by atoms with E-state index in [9.17, 15) is 9.18 Å². The number of hydrogen-bond acceptors (Lipinski definition) is 3. The standard InChI is InChI=1S/C11H11FO2S/c12-10-6-8(3-1-2-4-15)5-9(7-13)11(10)14/h1,3,5-7,14-15H,2,4H2. The topological polar surface area (TPSA) is 37.3 Å². The van der Waals surface area contributed by atoms with Crippen molar-refractivity contribution in [2.45, 2.75) is 6.42 Å². The monoisotopic (exact) mass is 226 g/mol. The highest BCUT2D eigenvalue weighted by Crippen LogP contribution is 2.22. The molecule has 15 heavy (non-hydrogen) atoms. The number of phenolic OH excluding ortho intramolecular Hbond substituents is 1. The van der Waals surface area contributed by atoms with Crippen LogP contribution in [0.25, 0.3) is 6.08 Å². The first-order valence-electron chi connectivity index (χ1n) is 4.44. The van der Waals surface area contributed by atoms with E-state index >= 15 is 0 Å². The first-order chi connectivity index (χ1) is 7.19. The zero-order valence-corrected chi connectivity index (χ0v) is 8.88. The Balaban J connectivity index is 3.00. The molecule has 0 saturated carbocycles. The van der Waals surface area contributed by atoms with E-state index < -0.39 is 11.6 Å². The van der Waals surface area contributed by atoms with E-state index in [0.29, 0.717) is 17.6 Å². The number of aromatic hydroxyl groups is 1. The maximum Gasteiger partial charge on any atom is 0.166 e. The number of halogens is 1. The quantitative estimate of drug-likeness (QED) is 0.612. The Morgan fingerprint density at radius 1 is 1.47 bits per heavy atom. The molecule has 1 rings (SSSR count). The molecule has 0 bridgehead atoms. The number of carbonyl (C=O) groups is 1. The summed E-state index contributed by atoms with van der Waals surface area (Å²) in [6, 6.07) is 2.61. The molecule has 0 heterocycles. The Bertz CT molecular complexity index is 388. The molecule has 4 heteroatoms. The van der Waals surface area contributed by atoms with Gasteiger partial charge in [-0.05, 0) is 29.9 Å². The molecule has 1 aromatic carbocycles. The van der Waals surface area contributed by atoms with E-state index in [4.69, 9.17) is 5.11 Å². The molecule has 0 radical (unpaired) electrons. The molecule has 0 unspecified atom stereocenters. The zero-order chi connectivity index (χ0) is 11.3. The van der Waals surface area contributed by atoms with Gasteiger partial charge in [-0.1, -0.05) is 12.2 Å². The lowest BCUT2D eigenvalue weighted by Gasteiger charge is -2.01. The first-order valence-corrected chi connectivity index (χ1v) is 5.07. The van der Waals surface area contributed by atoms with Gasteiger partial charge in [-0.2, -0.15) is 12.6 Å². The molecule has 1 aromatic rings. The summed E-state index contributed by atoms with van der Waals surface area (Å²) >= 11 is 4.02. The fourth-order valence-corrected chi connectivity index (χ4v) is 1.27. The predicted molar refractivity (Wildman–Crippen MR) is 61.0 cm³/mol. The molecule has 1 N–H and O–H groups in total. The van der Waals surface area contributed by atoms with Crippen molar-refractivity contribution in [3.8, 4) is 5.75 Å². The maximum atomic E-state index is 13.1. The molecule has 0 aromatic heterocycles. The van der Waals surface area contributed by atoms with Gasteiger partial charge >= 0.3 is 0 Å². The number of carbonyl (C=O) groups excluding carboxylic acids is 1. The summed E-state index contributed by atoms with van der Waals surface area (Å²) in [6.07, 6.45) is 4.70. The molecule has 0 aliphatic rings. The minimum absolute atomic E-state index is 0.0412. The van der Waals surface area contributed by atoms with E-state index in [1.165, 1.54) is 12.1 Å². The van der Waals surface area contributed by atoms with Crippen LogP contribution < -0.4 is 0 Å². The number of rotatable bonds is 4. The first kappa shape index (κ1) is 11.8. The summed E-state index contributed by atoms with van der Waals surface area (Å²) in [7, 11) is 0. The van der Waals surface area contributed by atoms with Crippen molar-refractivity contribution in [3.05, 3.63) is 35.2 Å². The van der Waals surface area contributed by atoms with E-state index in [0.717, 1.165) is 6.42 Å². The lowest BCUT2D eigenvalue weighted by molar-refractivity contribution is 0.112. The maximum absolute atomic E-state index is 13.1. The van der Waals surface area contributed by atoms with Crippen molar-refractivity contribution >= 4 is 25.0 Å². The predicted octanol–water partition coefficient (Wildman–Crippen LogP) is 2.68. The Morgan fingerprint density at radius 2 is 2.20 bits per heavy atom. The number of hydrogen-bond donors (Lipinski definition) is 2. The van der Waals surface area contributed by atoms with Crippen LogP contribution >= 0.6 is 12.6 Å². The highest BCUT2D eigenvalue weighted by atomic mass is 32.1. The van der Waals surface area contributed by atoms with Crippen LogP contribution in [0.4, 0.5) is 4.39 Å². The fraction of sp³-hybridized carbons (Fsp3) is 0.182. The van der Waals surface area contributed by atoms with Crippen molar-refractivity contribution in [1.82, 2.24) is 0 Å². The van der Waals surface area contributed by atoms with Gasteiger partial charge in [0.05, 0.1) is 5.56 Å². The Kier molecular flexibility index (Phi) is 4.37. The SMILES string of the molecule is O=Cc1cc(C=CCCS)cc(F)c1O. The van der Waals surface area contributed by atoms with Crippen molar-refractivity contribution < 1.29 is 14.3 Å². The molecular formula is C11H11FO2S. The molecule has 0 aliphatic heterocycles. The van der Waals surface area contributed by atoms with Crippen LogP contribution in [-0.2, 0) is 0 Å². The largest absolute Gasteiger partial charge is 0.504 e. The number of thiol groups is 1. The molecule has 2 nitrogen and oxygen atoms in total. The number of benzene rings is 1. The van der Waals surface area contributed by atoms with Crippen LogP contribution in [0, 0.1) is 5.82 Å². The Hall–Kier alpha value is -1.29. The van der Waals surface area contributed by atoms with Gasteiger partial charge in [0.2, 0.25) is 0 Å². The van der Waals surface area contributed by atoms with Gasteiger partial charge in [0.1, 0.15) is 0 Å². The zero-order valence-electron chi connectivity index (χ0n) is 7.98. The normalized spacial score (nSPS) is 10.8. The second-order valence-corrected chi connectivity index (χ2v) is 3.42. The van der Waals surface area contributed by atoms with Gasteiger partial charge in [-0.3, -0.25) is 4.79 Å². The van der Waals surface area contributed by atoms with Gasteiger partial charge in [0.15, 0.2) is 17.9 Å². The minimum Gasteiger partial charge on any atom is -0.504 e. The average Bonchev–Trinajstić information content (AvgIpc) is 2.23. The molecular weight excluding hydrogens is 215 g/mol. The van der Waals surface area contributed by atoms with Crippen molar-refractivity contribution in [1.29, 1.82) is 0 Å². The summed E-state index contributed by atoms with van der Waals surface area (Å²) in [4.78, 5) is 10.5. The number of allylic oxidation sites excluding steroid dienone is 1. The van der Waals surface area contributed by atoms with Crippen molar-refractivity contribution in [2.24, 2.45) is 0 Å². The van der Waals surface area contributed by atoms with Crippen LogP contribution in [0.5, 0.6) is 5.75 Å². The smallest absolute Gasteiger partial charge is 0.166 e.